The van der Waals surface area contributed by atoms with E-state index >= 15 is 0 Å². The van der Waals surface area contributed by atoms with Crippen molar-refractivity contribution in [1.29, 1.82) is 0 Å². The molecule has 0 atom stereocenters. The third-order valence-electron chi connectivity index (χ3n) is 2.06. The number of hydrogen-bond acceptors (Lipinski definition) is 4. The number of nitro benzene ring substituents is 1. The molecule has 0 aliphatic heterocycles. The lowest BCUT2D eigenvalue weighted by Crippen LogP contribution is -2.08. The summed E-state index contributed by atoms with van der Waals surface area (Å²) < 4.78 is 5.02. The van der Waals surface area contributed by atoms with Gasteiger partial charge in [0, 0.05) is 12.5 Å². The Morgan fingerprint density at radius 3 is 2.82 bits per heavy atom. The molecule has 1 rings (SSSR count). The maximum absolute atomic E-state index is 10.8. The first-order chi connectivity index (χ1) is 8.06. The first kappa shape index (κ1) is 12.7. The van der Waals surface area contributed by atoms with E-state index in [0.29, 0.717) is 11.3 Å². The molecule has 1 aromatic rings. The number of nitrogens with zero attached hydrogens (tertiary/aromatic N) is 1. The van der Waals surface area contributed by atoms with Crippen molar-refractivity contribution in [3.63, 3.8) is 0 Å². The van der Waals surface area contributed by atoms with Gasteiger partial charge in [-0.25, -0.2) is 0 Å². The number of benzene rings is 1. The molecule has 0 aliphatic carbocycles. The number of nitrogens with two attached hydrogens (primary N) is 1. The fraction of sp³-hybridized carbons (Fsp3) is 0.182. The van der Waals surface area contributed by atoms with Crippen LogP contribution in [0.25, 0.3) is 6.08 Å². The highest BCUT2D eigenvalue weighted by Crippen LogP contribution is 2.29. The lowest BCUT2D eigenvalue weighted by atomic mass is 10.1. The average molecular weight is 236 g/mol. The predicted octanol–water partition coefficient (Wildman–Crippen LogP) is 1.49. The number of carbonyl (C=O) groups is 1. The molecule has 2 N–H and O–H groups in total. The zero-order chi connectivity index (χ0) is 12.8. The van der Waals surface area contributed by atoms with Crippen LogP contribution in [-0.4, -0.2) is 17.9 Å². The lowest BCUT2D eigenvalue weighted by Gasteiger charge is -2.04. The number of primary amides is 1. The molecule has 0 bridgehead atoms. The van der Waals surface area contributed by atoms with Gasteiger partial charge in [0.05, 0.1) is 17.6 Å². The van der Waals surface area contributed by atoms with Crippen molar-refractivity contribution in [2.24, 2.45) is 5.73 Å². The van der Waals surface area contributed by atoms with Gasteiger partial charge in [0.1, 0.15) is 5.75 Å². The Bertz CT molecular complexity index is 469. The van der Waals surface area contributed by atoms with Crippen molar-refractivity contribution in [1.82, 2.24) is 0 Å². The molecule has 6 nitrogen and oxygen atoms in total. The van der Waals surface area contributed by atoms with Gasteiger partial charge in [-0.2, -0.15) is 0 Å². The van der Waals surface area contributed by atoms with Crippen LogP contribution in [0.1, 0.15) is 12.0 Å². The number of hydrogen-bond donors (Lipinski definition) is 1. The zero-order valence-corrected chi connectivity index (χ0v) is 9.25. The van der Waals surface area contributed by atoms with Gasteiger partial charge in [0.25, 0.3) is 5.69 Å². The fourth-order valence-electron chi connectivity index (χ4n) is 1.33. The summed E-state index contributed by atoms with van der Waals surface area (Å²) in [5, 5.41) is 10.8. The summed E-state index contributed by atoms with van der Waals surface area (Å²) in [6.07, 6.45) is 2.95. The third-order valence-corrected chi connectivity index (χ3v) is 2.06. The van der Waals surface area contributed by atoms with Crippen LogP contribution in [0.2, 0.25) is 0 Å². The van der Waals surface area contributed by atoms with Gasteiger partial charge in [-0.1, -0.05) is 12.1 Å². The van der Waals surface area contributed by atoms with Gasteiger partial charge in [0.15, 0.2) is 0 Å². The van der Waals surface area contributed by atoms with Crippen LogP contribution >= 0.6 is 0 Å². The predicted molar refractivity (Wildman–Crippen MR) is 62.5 cm³/mol. The minimum Gasteiger partial charge on any atom is -0.496 e. The first-order valence-electron chi connectivity index (χ1n) is 4.82. The molecule has 0 aromatic heterocycles. The average Bonchev–Trinajstić information content (AvgIpc) is 2.28. The maximum atomic E-state index is 10.8. The summed E-state index contributed by atoms with van der Waals surface area (Å²) in [5.74, 6) is -0.126. The van der Waals surface area contributed by atoms with Crippen molar-refractivity contribution in [3.05, 3.63) is 40.0 Å². The van der Waals surface area contributed by atoms with Gasteiger partial charge in [0.2, 0.25) is 5.91 Å². The minimum absolute atomic E-state index is 0.0230. The molecule has 0 unspecified atom stereocenters. The highest BCUT2D eigenvalue weighted by atomic mass is 16.6. The number of amides is 1. The Morgan fingerprint density at radius 1 is 1.59 bits per heavy atom. The maximum Gasteiger partial charge on any atom is 0.280 e. The van der Waals surface area contributed by atoms with Gasteiger partial charge < -0.3 is 10.5 Å². The van der Waals surface area contributed by atoms with Crippen molar-refractivity contribution < 1.29 is 14.5 Å². The third kappa shape index (κ3) is 3.30. The van der Waals surface area contributed by atoms with Crippen molar-refractivity contribution in [3.8, 4) is 5.75 Å². The van der Waals surface area contributed by atoms with Crippen LogP contribution in [0.4, 0.5) is 5.69 Å². The lowest BCUT2D eigenvalue weighted by molar-refractivity contribution is -0.385. The first-order valence-corrected chi connectivity index (χ1v) is 4.82. The Kier molecular flexibility index (Phi) is 4.21. The molecule has 6 heteroatoms. The minimum atomic E-state index is -0.507. The number of nitro groups is 1. The van der Waals surface area contributed by atoms with Gasteiger partial charge in [-0.3, -0.25) is 14.9 Å². The van der Waals surface area contributed by atoms with E-state index in [1.165, 1.54) is 31.4 Å². The van der Waals surface area contributed by atoms with Crippen LogP contribution < -0.4 is 10.5 Å². The Labute approximate surface area is 97.8 Å². The summed E-state index contributed by atoms with van der Waals surface area (Å²) in [4.78, 5) is 20.9. The topological polar surface area (TPSA) is 95.5 Å². The van der Waals surface area contributed by atoms with Crippen molar-refractivity contribution in [2.75, 3.05) is 7.11 Å². The van der Waals surface area contributed by atoms with Gasteiger partial charge >= 0.3 is 0 Å². The molecule has 0 radical (unpaired) electrons. The van der Waals surface area contributed by atoms with E-state index in [-0.39, 0.29) is 12.1 Å². The van der Waals surface area contributed by atoms with Crippen molar-refractivity contribution in [2.45, 2.75) is 6.42 Å². The summed E-state index contributed by atoms with van der Waals surface area (Å²) in [6.45, 7) is 0. The number of methoxy groups -OCH3 is 1. The zero-order valence-electron chi connectivity index (χ0n) is 9.25. The van der Waals surface area contributed by atoms with E-state index in [2.05, 4.69) is 0 Å². The fourth-order valence-corrected chi connectivity index (χ4v) is 1.33. The van der Waals surface area contributed by atoms with E-state index < -0.39 is 10.8 Å². The molecular formula is C11H12N2O4. The second-order valence-electron chi connectivity index (χ2n) is 3.22. The highest BCUT2D eigenvalue weighted by molar-refractivity contribution is 5.77. The number of rotatable bonds is 5. The van der Waals surface area contributed by atoms with Gasteiger partial charge in [-0.15, -0.1) is 0 Å². The Hall–Kier alpha value is -2.37. The van der Waals surface area contributed by atoms with Gasteiger partial charge in [-0.05, 0) is 12.1 Å². The van der Waals surface area contributed by atoms with Crippen molar-refractivity contribution >= 4 is 17.7 Å². The largest absolute Gasteiger partial charge is 0.496 e. The van der Waals surface area contributed by atoms with Crippen LogP contribution in [0, 0.1) is 10.1 Å². The molecule has 0 saturated heterocycles. The van der Waals surface area contributed by atoms with E-state index in [0.717, 1.165) is 0 Å². The molecule has 0 aliphatic rings. The SMILES string of the molecule is COc1cccc([N+](=O)[O-])c1C=CCC(N)=O. The Balaban J connectivity index is 3.13. The van der Waals surface area contributed by atoms with Crippen LogP contribution in [0.15, 0.2) is 24.3 Å². The summed E-state index contributed by atoms with van der Waals surface area (Å²) in [7, 11) is 1.42. The summed E-state index contributed by atoms with van der Waals surface area (Å²) >= 11 is 0. The second-order valence-corrected chi connectivity index (χ2v) is 3.22. The normalized spacial score (nSPS) is 10.4. The monoisotopic (exact) mass is 236 g/mol. The summed E-state index contributed by atoms with van der Waals surface area (Å²) in [5.41, 5.74) is 5.21. The Morgan fingerprint density at radius 2 is 2.29 bits per heavy atom. The smallest absolute Gasteiger partial charge is 0.280 e. The standard InChI is InChI=1S/C11H12N2O4/c1-17-10-6-3-5-9(13(15)16)8(10)4-2-7-11(12)14/h2-6H,7H2,1H3,(H2,12,14). The molecule has 90 valence electrons. The second kappa shape index (κ2) is 5.64. The van der Waals surface area contributed by atoms with E-state index in [1.54, 1.807) is 6.07 Å². The van der Waals surface area contributed by atoms with E-state index in [1.807, 2.05) is 0 Å². The highest BCUT2D eigenvalue weighted by Gasteiger charge is 2.15. The molecule has 1 aromatic carbocycles. The molecule has 1 amide bonds. The van der Waals surface area contributed by atoms with Crippen LogP contribution in [0.5, 0.6) is 5.75 Å². The molecule has 0 heterocycles. The molecule has 0 spiro atoms. The van der Waals surface area contributed by atoms with Crippen LogP contribution in [0.3, 0.4) is 0 Å². The van der Waals surface area contributed by atoms with E-state index in [4.69, 9.17) is 10.5 Å². The number of ether oxygens (including phenoxy) is 1. The van der Waals surface area contributed by atoms with E-state index in [9.17, 15) is 14.9 Å². The van der Waals surface area contributed by atoms with Crippen LogP contribution in [-0.2, 0) is 4.79 Å². The number of carbonyl (C=O) groups excluding carboxylic acids is 1. The molecular weight excluding hydrogens is 224 g/mol. The molecule has 17 heavy (non-hydrogen) atoms. The summed E-state index contributed by atoms with van der Waals surface area (Å²) in [6, 6.07) is 4.51. The quantitative estimate of drug-likeness (QED) is 0.618. The molecule has 0 saturated carbocycles. The molecule has 0 fully saturated rings.